The number of halogens is 4. The summed E-state index contributed by atoms with van der Waals surface area (Å²) in [5.74, 6) is -27.1. The number of carbonyl (C=O) groups excluding carboxylic acids is 15. The van der Waals surface area contributed by atoms with Crippen LogP contribution < -0.4 is 69.1 Å². The zero-order valence-corrected chi connectivity index (χ0v) is 70.7. The van der Waals surface area contributed by atoms with Gasteiger partial charge in [-0.25, -0.2) is 22.4 Å². The summed E-state index contributed by atoms with van der Waals surface area (Å²) in [7, 11) is 0. The largest absolute Gasteiger partial charge is 0.458 e. The Balaban J connectivity index is 1.76. The molecule has 14 amide bonds. The highest BCUT2D eigenvalue weighted by Crippen LogP contribution is 2.25. The maximum atomic E-state index is 15.3. The lowest BCUT2D eigenvalue weighted by molar-refractivity contribution is -0.157. The number of allylic oxidation sites excluding steroid dienone is 1. The minimum Gasteiger partial charge on any atom is -0.458 e. The zero-order valence-electron chi connectivity index (χ0n) is 70.7. The van der Waals surface area contributed by atoms with Gasteiger partial charge in [-0.1, -0.05) is 166 Å². The molecule has 2 fully saturated rings. The van der Waals surface area contributed by atoms with Crippen molar-refractivity contribution in [2.75, 3.05) is 13.1 Å². The lowest BCUT2D eigenvalue weighted by Gasteiger charge is -2.34. The van der Waals surface area contributed by atoms with Gasteiger partial charge < -0.3 is 83.9 Å². The quantitative estimate of drug-likeness (QED) is 0.0116. The Labute approximate surface area is 682 Å². The third kappa shape index (κ3) is 28.9. The van der Waals surface area contributed by atoms with Gasteiger partial charge in [-0.2, -0.15) is 0 Å². The number of amides is 14. The van der Waals surface area contributed by atoms with Crippen LogP contribution in [0.1, 0.15) is 205 Å². The van der Waals surface area contributed by atoms with Gasteiger partial charge in [-0.05, 0) is 112 Å². The molecule has 2 heterocycles. The Kier molecular flexibility index (Phi) is 39.7. The van der Waals surface area contributed by atoms with Gasteiger partial charge in [0, 0.05) is 25.9 Å². The minimum atomic E-state index is -2.27. The second-order valence-electron chi connectivity index (χ2n) is 32.5. The third-order valence-electron chi connectivity index (χ3n) is 20.9. The van der Waals surface area contributed by atoms with Crippen molar-refractivity contribution in [1.82, 2.24) is 74.0 Å². The maximum Gasteiger partial charge on any atom is 0.329 e. The summed E-state index contributed by atoms with van der Waals surface area (Å²) in [5, 5.41) is 44.7. The molecule has 117 heavy (non-hydrogen) atoms. The summed E-state index contributed by atoms with van der Waals surface area (Å²) >= 11 is 0. The van der Waals surface area contributed by atoms with Crippen LogP contribution in [0.25, 0.3) is 0 Å². The van der Waals surface area contributed by atoms with E-state index in [2.05, 4.69) is 69.1 Å². The van der Waals surface area contributed by atoms with Crippen LogP contribution in [0.4, 0.5) is 17.6 Å². The van der Waals surface area contributed by atoms with Crippen LogP contribution >= 0.6 is 0 Å². The number of hydrogen-bond acceptors (Lipinski definition) is 17. The molecule has 0 saturated carbocycles. The van der Waals surface area contributed by atoms with E-state index in [1.54, 1.807) is 120 Å². The van der Waals surface area contributed by atoms with Gasteiger partial charge in [0.1, 0.15) is 84.3 Å². The van der Waals surface area contributed by atoms with Gasteiger partial charge in [-0.15, -0.1) is 0 Å². The van der Waals surface area contributed by atoms with Crippen molar-refractivity contribution in [2.24, 2.45) is 47.3 Å². The van der Waals surface area contributed by atoms with Crippen molar-refractivity contribution in [3.8, 4) is 0 Å². The average molecular weight is 1650 g/mol. The summed E-state index contributed by atoms with van der Waals surface area (Å²) in [6.45, 7) is 29.9. The molecule has 2 aliphatic rings. The number of carbonyl (C=O) groups is 15. The van der Waals surface area contributed by atoms with Crippen molar-refractivity contribution >= 4 is 88.7 Å². The second kappa shape index (κ2) is 46.7. The van der Waals surface area contributed by atoms with E-state index in [-0.39, 0.29) is 69.2 Å². The number of aliphatic hydroxyl groups is 1. The Bertz CT molecular complexity index is 3860. The molecule has 0 radical (unpaired) electrons. The number of benzene rings is 2. The van der Waals surface area contributed by atoms with E-state index in [4.69, 9.17) is 4.74 Å². The number of aliphatic hydroxyl groups excluding tert-OH is 1. The van der Waals surface area contributed by atoms with Gasteiger partial charge in [0.05, 0.1) is 11.7 Å². The monoisotopic (exact) mass is 1650 g/mol. The summed E-state index contributed by atoms with van der Waals surface area (Å²) in [4.78, 5) is 217. The molecule has 0 unspecified atom stereocenters. The van der Waals surface area contributed by atoms with Crippen molar-refractivity contribution < 1.29 is 99.3 Å². The van der Waals surface area contributed by atoms with Crippen molar-refractivity contribution in [2.45, 2.75) is 280 Å². The highest BCUT2D eigenvalue weighted by molar-refractivity contribution is 6.03. The molecule has 35 heteroatoms. The van der Waals surface area contributed by atoms with Gasteiger partial charge in [0.15, 0.2) is 23.3 Å². The molecule has 0 aromatic heterocycles. The van der Waals surface area contributed by atoms with Gasteiger partial charge in [-0.3, -0.25) is 67.1 Å². The van der Waals surface area contributed by atoms with E-state index in [1.807, 2.05) is 13.8 Å². The van der Waals surface area contributed by atoms with Crippen LogP contribution in [0.2, 0.25) is 0 Å². The Morgan fingerprint density at radius 1 is 0.598 bits per heavy atom. The van der Waals surface area contributed by atoms with E-state index in [1.165, 1.54) is 38.7 Å². The SMILES string of the molecule is C/C=C1\NC(=O)[C@H](Cc2ccccc2)NC(=O)[C@@H](C(C)C)NC(=O)[C@@H]([C@H](C)CC)NC(=O)[C@H](NC(=O)[C@H](NC(=O)[C@H](CCCNC(=O)c2cc(F)c(F)c(F)c2F)NC(=O)[C@H]2CCCN2C(=O)[C@H](NC(=O)[C@@H](NC(=O)[C@@H](NC(=O)[C@H](NC(=O)CCCC(C)C)C(C)C)[C@@H](C)O)C(C)C)C(C)C)[C@H](C)CC)[C@H](C)OC(=O)[C@H](C(C)C)NC1=O. The molecule has 0 aliphatic carbocycles. The van der Waals surface area contributed by atoms with Crippen molar-refractivity contribution in [1.29, 1.82) is 0 Å². The topological polar surface area (TPSA) is 445 Å². The summed E-state index contributed by atoms with van der Waals surface area (Å²) in [5.41, 5.74) is -0.948. The first-order valence-corrected chi connectivity index (χ1v) is 40.5. The second-order valence-corrected chi connectivity index (χ2v) is 32.5. The standard InChI is InChI=1S/C82H124F4N14O17/c1-20-45(16)65(78(112)99-68-48(19)117-82(116)64(44(14)15)95-70(104)52(22-3)88-72(106)54(37-49-30-24-23-25-31-49)90-74(108)61(41(8)9)92-77(111)66(46(17)21-2)97-80(68)114)96-71(105)53(32-27-35-87-69(103)50-38-51(83)58(85)59(86)57(50)84)89-73(107)55-33-28-36-100(55)81(115)63(43(12)13)94-76(110)62(42(10)11)93-79(113)67(47(18)101)98-75(109)60(40(6)7)91-56(102)34-26-29-39(4)5/h22-25,30-31,38-48,53-55,60-68,101H,20-21,26-29,32-37H2,1-19H3,(H,87,103)(H,88,106)(H,89,107)(H,90,108)(H,91,102)(H,92,111)(H,93,113)(H,94,110)(H,95,104)(H,96,105)(H,97,114)(H,98,109)(H,99,112)/b52-22-/t45-,46-,47-,48+,53+,54+,55-,60-,61-,62+,63-,64+,65-,66-,67+,68-/m1/s1. The fourth-order valence-corrected chi connectivity index (χ4v) is 13.2. The van der Waals surface area contributed by atoms with Crippen LogP contribution in [0.5, 0.6) is 0 Å². The van der Waals surface area contributed by atoms with E-state index < -0.39 is 251 Å². The predicted octanol–water partition coefficient (Wildman–Crippen LogP) is 3.86. The molecule has 14 N–H and O–H groups in total. The smallest absolute Gasteiger partial charge is 0.329 e. The first-order chi connectivity index (χ1) is 54.8. The predicted molar refractivity (Wildman–Crippen MR) is 425 cm³/mol. The van der Waals surface area contributed by atoms with Gasteiger partial charge in [0.25, 0.3) is 11.8 Å². The first-order valence-electron chi connectivity index (χ1n) is 40.5. The molecule has 2 aromatic rings. The number of ether oxygens (including phenoxy) is 1. The van der Waals surface area contributed by atoms with E-state index >= 15 is 14.4 Å². The summed E-state index contributed by atoms with van der Waals surface area (Å²) in [6.07, 6.45) is -0.852. The number of nitrogens with zero attached hydrogens (tertiary/aromatic N) is 1. The number of cyclic esters (lactones) is 1. The lowest BCUT2D eigenvalue weighted by atomic mass is 9.95. The summed E-state index contributed by atoms with van der Waals surface area (Å²) < 4.78 is 63.4. The molecule has 16 atom stereocenters. The average Bonchev–Trinajstić information content (AvgIpc) is 1.80. The zero-order chi connectivity index (χ0) is 88.3. The minimum absolute atomic E-state index is 0.0278. The molecule has 0 spiro atoms. The normalized spacial score (nSPS) is 21.4. The highest BCUT2D eigenvalue weighted by atomic mass is 19.2. The Morgan fingerprint density at radius 2 is 1.15 bits per heavy atom. The van der Waals surface area contributed by atoms with E-state index in [9.17, 15) is 80.2 Å². The molecular formula is C82H124F4N14O17. The number of hydrogen-bond donors (Lipinski definition) is 14. The van der Waals surface area contributed by atoms with Crippen LogP contribution in [0.3, 0.4) is 0 Å². The summed E-state index contributed by atoms with van der Waals surface area (Å²) in [6, 6.07) is -9.31. The molecular weight excluding hydrogens is 1530 g/mol. The molecule has 0 bridgehead atoms. The van der Waals surface area contributed by atoms with Crippen LogP contribution in [0, 0.1) is 70.6 Å². The Hall–Kier alpha value is -10.1. The van der Waals surface area contributed by atoms with E-state index in [0.717, 1.165) is 6.42 Å². The van der Waals surface area contributed by atoms with Crippen molar-refractivity contribution in [3.63, 3.8) is 0 Å². The molecule has 31 nitrogen and oxygen atoms in total. The van der Waals surface area contributed by atoms with E-state index in [0.29, 0.717) is 17.9 Å². The van der Waals surface area contributed by atoms with Crippen LogP contribution in [-0.2, 0) is 78.3 Å². The lowest BCUT2D eigenvalue weighted by Crippen LogP contribution is -2.64. The van der Waals surface area contributed by atoms with Crippen molar-refractivity contribution in [3.05, 3.63) is 82.6 Å². The maximum absolute atomic E-state index is 15.3. The third-order valence-corrected chi connectivity index (χ3v) is 20.9. The fraction of sp³-hybridized carbons (Fsp3) is 0.646. The molecule has 2 aliphatic heterocycles. The first kappa shape index (κ1) is 99.3. The highest BCUT2D eigenvalue weighted by Gasteiger charge is 2.45. The number of esters is 1. The van der Waals surface area contributed by atoms with Crippen LogP contribution in [-0.4, -0.2) is 196 Å². The fourth-order valence-electron chi connectivity index (χ4n) is 13.2. The molecule has 2 aromatic carbocycles. The van der Waals surface area contributed by atoms with Gasteiger partial charge >= 0.3 is 5.97 Å². The molecule has 652 valence electrons. The van der Waals surface area contributed by atoms with Crippen LogP contribution in [0.15, 0.2) is 48.2 Å². The Morgan fingerprint density at radius 3 is 1.71 bits per heavy atom. The molecule has 2 saturated heterocycles. The number of likely N-dealkylation sites (tertiary alicyclic amines) is 1. The number of nitrogens with one attached hydrogen (secondary N) is 13. The molecule has 4 rings (SSSR count). The number of rotatable bonds is 35. The van der Waals surface area contributed by atoms with Gasteiger partial charge in [0.2, 0.25) is 70.9 Å².